The third-order valence-corrected chi connectivity index (χ3v) is 8.95. The summed E-state index contributed by atoms with van der Waals surface area (Å²) in [6.45, 7) is 3.60. The highest BCUT2D eigenvalue weighted by atomic mass is 35.5. The van der Waals surface area contributed by atoms with Crippen molar-refractivity contribution in [1.29, 1.82) is 0 Å². The van der Waals surface area contributed by atoms with E-state index < -0.39 is 11.4 Å². The lowest BCUT2D eigenvalue weighted by molar-refractivity contribution is 0.0742. The number of hydrogen-bond donors (Lipinski definition) is 1. The van der Waals surface area contributed by atoms with Gasteiger partial charge in [-0.05, 0) is 71.1 Å². The number of benzene rings is 6. The number of hydrogen-bond acceptors (Lipinski definition) is 3. The number of rotatable bonds is 13. The second kappa shape index (κ2) is 15.8. The van der Waals surface area contributed by atoms with Gasteiger partial charge in [0.1, 0.15) is 18.2 Å². The van der Waals surface area contributed by atoms with Crippen LogP contribution in [0.2, 0.25) is 5.02 Å². The van der Waals surface area contributed by atoms with Gasteiger partial charge in [-0.2, -0.15) is 0 Å². The number of halogens is 2. The highest BCUT2D eigenvalue weighted by Crippen LogP contribution is 2.37. The van der Waals surface area contributed by atoms with E-state index in [-0.39, 0.29) is 5.91 Å². The van der Waals surface area contributed by atoms with Crippen molar-refractivity contribution in [3.63, 3.8) is 0 Å². The molecule has 1 amide bonds. The van der Waals surface area contributed by atoms with Crippen LogP contribution in [-0.2, 0) is 18.7 Å². The van der Waals surface area contributed by atoms with Gasteiger partial charge in [0, 0.05) is 25.2 Å². The molecule has 0 saturated carbocycles. The SMILES string of the molecule is Cc1ccc(C(NCCN(Cc2ccc(OCc3ccccc3)c(Cl)c2)C(=O)c2ccc(F)cc2)(c2ccccc2)c2ccccc2)cc1. The Labute approximate surface area is 292 Å². The summed E-state index contributed by atoms with van der Waals surface area (Å²) < 4.78 is 19.8. The van der Waals surface area contributed by atoms with Crippen molar-refractivity contribution >= 4 is 17.5 Å². The number of nitrogens with one attached hydrogen (secondary N) is 1. The molecular formula is C43H38ClFN2O2. The Hall–Kier alpha value is -5.23. The van der Waals surface area contributed by atoms with Crippen molar-refractivity contribution in [3.05, 3.63) is 208 Å². The number of carbonyl (C=O) groups excluding carboxylic acids is 1. The average molecular weight is 669 g/mol. The van der Waals surface area contributed by atoms with Gasteiger partial charge in [-0.25, -0.2) is 4.39 Å². The quantitative estimate of drug-likeness (QED) is 0.125. The molecule has 0 fully saturated rings. The summed E-state index contributed by atoms with van der Waals surface area (Å²) in [5, 5.41) is 4.35. The second-order valence-corrected chi connectivity index (χ2v) is 12.5. The van der Waals surface area contributed by atoms with E-state index in [0.717, 1.165) is 27.8 Å². The van der Waals surface area contributed by atoms with Crippen molar-refractivity contribution in [3.8, 4) is 5.75 Å². The number of ether oxygens (including phenoxy) is 1. The van der Waals surface area contributed by atoms with E-state index in [1.807, 2.05) is 84.9 Å². The lowest BCUT2D eigenvalue weighted by Crippen LogP contribution is -2.48. The van der Waals surface area contributed by atoms with Gasteiger partial charge >= 0.3 is 0 Å². The Morgan fingerprint density at radius 1 is 0.714 bits per heavy atom. The predicted octanol–water partition coefficient (Wildman–Crippen LogP) is 9.59. The molecule has 6 rings (SSSR count). The zero-order chi connectivity index (χ0) is 34.1. The molecule has 0 aliphatic heterocycles. The molecule has 0 aromatic heterocycles. The number of nitrogens with zero attached hydrogens (tertiary/aromatic N) is 1. The molecule has 0 saturated heterocycles. The van der Waals surface area contributed by atoms with Crippen molar-refractivity contribution in [2.75, 3.05) is 13.1 Å². The Morgan fingerprint density at radius 3 is 1.88 bits per heavy atom. The monoisotopic (exact) mass is 668 g/mol. The van der Waals surface area contributed by atoms with Crippen LogP contribution in [0.25, 0.3) is 0 Å². The molecule has 0 aliphatic carbocycles. The molecule has 0 atom stereocenters. The van der Waals surface area contributed by atoms with Crippen LogP contribution in [0.4, 0.5) is 4.39 Å². The van der Waals surface area contributed by atoms with Crippen LogP contribution in [0.1, 0.15) is 43.7 Å². The standard InChI is InChI=1S/C43H38ClFN2O2/c1-32-17-22-38(23-18-32)43(36-13-7-3-8-14-36,37-15-9-4-10-16-37)46-27-28-47(42(48)35-20-24-39(45)25-21-35)30-34-19-26-41(40(44)29-34)49-31-33-11-5-2-6-12-33/h2-26,29,46H,27-28,30-31H2,1H3. The van der Waals surface area contributed by atoms with E-state index in [0.29, 0.717) is 42.6 Å². The van der Waals surface area contributed by atoms with E-state index in [9.17, 15) is 9.18 Å². The van der Waals surface area contributed by atoms with Crippen molar-refractivity contribution in [2.45, 2.75) is 25.6 Å². The van der Waals surface area contributed by atoms with Gasteiger partial charge < -0.3 is 9.64 Å². The normalized spacial score (nSPS) is 11.2. The Balaban J connectivity index is 1.29. The lowest BCUT2D eigenvalue weighted by Gasteiger charge is -2.38. The fourth-order valence-electron chi connectivity index (χ4n) is 6.11. The van der Waals surface area contributed by atoms with Crippen LogP contribution in [0.15, 0.2) is 158 Å². The molecule has 6 heteroatoms. The van der Waals surface area contributed by atoms with Gasteiger partial charge in [-0.3, -0.25) is 10.1 Å². The van der Waals surface area contributed by atoms with E-state index in [4.69, 9.17) is 16.3 Å². The molecule has 0 radical (unpaired) electrons. The smallest absolute Gasteiger partial charge is 0.254 e. The highest BCUT2D eigenvalue weighted by Gasteiger charge is 2.36. The van der Waals surface area contributed by atoms with Crippen LogP contribution in [0.5, 0.6) is 5.75 Å². The molecule has 246 valence electrons. The molecule has 49 heavy (non-hydrogen) atoms. The second-order valence-electron chi connectivity index (χ2n) is 12.0. The van der Waals surface area contributed by atoms with Crippen LogP contribution >= 0.6 is 11.6 Å². The van der Waals surface area contributed by atoms with E-state index >= 15 is 0 Å². The van der Waals surface area contributed by atoms with Gasteiger partial charge in [0.2, 0.25) is 0 Å². The summed E-state index contributed by atoms with van der Waals surface area (Å²) in [5.41, 5.74) is 6.03. The van der Waals surface area contributed by atoms with Crippen molar-refractivity contribution in [1.82, 2.24) is 10.2 Å². The molecule has 1 N–H and O–H groups in total. The number of aryl methyl sites for hydroxylation is 1. The molecule has 0 aliphatic rings. The van der Waals surface area contributed by atoms with E-state index in [1.54, 1.807) is 4.90 Å². The van der Waals surface area contributed by atoms with Crippen molar-refractivity contribution < 1.29 is 13.9 Å². The third kappa shape index (κ3) is 8.09. The summed E-state index contributed by atoms with van der Waals surface area (Å²) in [6.07, 6.45) is 0. The van der Waals surface area contributed by atoms with Crippen LogP contribution in [0, 0.1) is 12.7 Å². The van der Waals surface area contributed by atoms with Gasteiger partial charge in [-0.1, -0.05) is 138 Å². The highest BCUT2D eigenvalue weighted by molar-refractivity contribution is 6.32. The Bertz CT molecular complexity index is 1910. The first-order chi connectivity index (χ1) is 23.9. The van der Waals surface area contributed by atoms with E-state index in [2.05, 4.69) is 60.8 Å². The summed E-state index contributed by atoms with van der Waals surface area (Å²) in [6, 6.07) is 50.5. The Morgan fingerprint density at radius 2 is 1.29 bits per heavy atom. The molecule has 0 unspecified atom stereocenters. The zero-order valence-electron chi connectivity index (χ0n) is 27.4. The molecule has 6 aromatic rings. The lowest BCUT2D eigenvalue weighted by atomic mass is 9.76. The maximum Gasteiger partial charge on any atom is 0.254 e. The first kappa shape index (κ1) is 33.7. The first-order valence-corrected chi connectivity index (χ1v) is 16.7. The summed E-state index contributed by atoms with van der Waals surface area (Å²) in [7, 11) is 0. The molecule has 4 nitrogen and oxygen atoms in total. The molecule has 0 heterocycles. The third-order valence-electron chi connectivity index (χ3n) is 8.66. The number of carbonyl (C=O) groups is 1. The maximum absolute atomic E-state index is 14.0. The van der Waals surface area contributed by atoms with Gasteiger partial charge in [0.05, 0.1) is 10.6 Å². The first-order valence-electron chi connectivity index (χ1n) is 16.4. The molecular weight excluding hydrogens is 631 g/mol. The van der Waals surface area contributed by atoms with Gasteiger partial charge in [-0.15, -0.1) is 0 Å². The van der Waals surface area contributed by atoms with Crippen LogP contribution in [-0.4, -0.2) is 23.9 Å². The Kier molecular flexibility index (Phi) is 10.8. The van der Waals surface area contributed by atoms with Gasteiger partial charge in [0.15, 0.2) is 0 Å². The molecule has 0 spiro atoms. The van der Waals surface area contributed by atoms with E-state index in [1.165, 1.54) is 29.8 Å². The van der Waals surface area contributed by atoms with Crippen LogP contribution in [0.3, 0.4) is 0 Å². The van der Waals surface area contributed by atoms with Crippen molar-refractivity contribution in [2.24, 2.45) is 0 Å². The summed E-state index contributed by atoms with van der Waals surface area (Å²) in [4.78, 5) is 15.8. The minimum Gasteiger partial charge on any atom is -0.487 e. The summed E-state index contributed by atoms with van der Waals surface area (Å²) >= 11 is 6.69. The van der Waals surface area contributed by atoms with Crippen LogP contribution < -0.4 is 10.1 Å². The zero-order valence-corrected chi connectivity index (χ0v) is 28.1. The largest absolute Gasteiger partial charge is 0.487 e. The topological polar surface area (TPSA) is 41.6 Å². The fraction of sp³-hybridized carbons (Fsp3) is 0.140. The maximum atomic E-state index is 14.0. The number of amides is 1. The minimum atomic E-state index is -0.693. The molecule has 0 bridgehead atoms. The summed E-state index contributed by atoms with van der Waals surface area (Å²) in [5.74, 6) is -0.0279. The van der Waals surface area contributed by atoms with Gasteiger partial charge in [0.25, 0.3) is 5.91 Å². The fourth-order valence-corrected chi connectivity index (χ4v) is 6.37. The molecule has 6 aromatic carbocycles. The average Bonchev–Trinajstić information content (AvgIpc) is 3.14. The predicted molar refractivity (Wildman–Crippen MR) is 195 cm³/mol. The minimum absolute atomic E-state index is 0.206.